The molecule has 0 radical (unpaired) electrons. The number of aromatic nitrogens is 3. The highest BCUT2D eigenvalue weighted by molar-refractivity contribution is 5.89. The van der Waals surface area contributed by atoms with Crippen LogP contribution in [-0.4, -0.2) is 85.8 Å². The molecule has 13 heteroatoms. The van der Waals surface area contributed by atoms with Gasteiger partial charge < -0.3 is 20.6 Å². The number of pyridine rings is 1. The van der Waals surface area contributed by atoms with Crippen molar-refractivity contribution in [2.24, 2.45) is 0 Å². The Morgan fingerprint density at radius 1 is 0.960 bits per heavy atom. The zero-order valence-corrected chi connectivity index (χ0v) is 28.7. The Kier molecular flexibility index (Phi) is 10.2. The van der Waals surface area contributed by atoms with Crippen molar-refractivity contribution in [1.29, 1.82) is 0 Å². The molecule has 4 aromatic rings. The number of halogens is 1. The number of carbonyl (C=O) groups is 2. The van der Waals surface area contributed by atoms with E-state index in [2.05, 4.69) is 56.7 Å². The number of nitrogens with zero attached hydrogens (tertiary/aromatic N) is 5. The Hall–Kier alpha value is -4.88. The second kappa shape index (κ2) is 14.5. The molecule has 50 heavy (non-hydrogen) atoms. The highest BCUT2D eigenvalue weighted by atomic mass is 19.1. The van der Waals surface area contributed by atoms with Gasteiger partial charge in [0.1, 0.15) is 11.4 Å². The molecule has 2 aromatic heterocycles. The zero-order chi connectivity index (χ0) is 35.6. The van der Waals surface area contributed by atoms with Gasteiger partial charge in [-0.1, -0.05) is 36.4 Å². The van der Waals surface area contributed by atoms with Crippen LogP contribution in [0.15, 0.2) is 70.4 Å². The second-order valence-electron chi connectivity index (χ2n) is 14.0. The first kappa shape index (κ1) is 35.0. The van der Waals surface area contributed by atoms with Gasteiger partial charge in [-0.25, -0.2) is 23.5 Å². The molecule has 0 unspecified atom stereocenters. The smallest absolute Gasteiger partial charge is 0.405 e. The van der Waals surface area contributed by atoms with Gasteiger partial charge in [-0.05, 0) is 101 Å². The predicted molar refractivity (Wildman–Crippen MR) is 189 cm³/mol. The number of amides is 2. The number of fused-ring (bicyclic) bond motifs is 1. The molecule has 3 heterocycles. The van der Waals surface area contributed by atoms with Crippen LogP contribution < -0.4 is 21.9 Å². The molecule has 3 N–H and O–H groups in total. The van der Waals surface area contributed by atoms with E-state index in [0.29, 0.717) is 31.4 Å². The molecule has 2 amide bonds. The molecule has 2 aromatic carbocycles. The predicted octanol–water partition coefficient (Wildman–Crippen LogP) is 4.14. The van der Waals surface area contributed by atoms with Gasteiger partial charge in [-0.15, -0.1) is 0 Å². The summed E-state index contributed by atoms with van der Waals surface area (Å²) >= 11 is 0. The Morgan fingerprint density at radius 3 is 2.42 bits per heavy atom. The van der Waals surface area contributed by atoms with Gasteiger partial charge in [0.15, 0.2) is 5.65 Å². The summed E-state index contributed by atoms with van der Waals surface area (Å²) in [4.78, 5) is 61.0. The molecule has 1 aliphatic carbocycles. The molecule has 2 fully saturated rings. The van der Waals surface area contributed by atoms with Gasteiger partial charge in [-0.3, -0.25) is 19.1 Å². The molecule has 0 spiro atoms. The van der Waals surface area contributed by atoms with Crippen molar-refractivity contribution in [1.82, 2.24) is 34.6 Å². The number of carbonyl (C=O) groups excluding carboxylic acids is 1. The normalized spacial score (nSPS) is 19.2. The summed E-state index contributed by atoms with van der Waals surface area (Å²) in [7, 11) is 2.16. The van der Waals surface area contributed by atoms with E-state index in [4.69, 9.17) is 5.11 Å². The lowest BCUT2D eigenvalue weighted by Gasteiger charge is -2.32. The molecule has 1 aliphatic heterocycles. The average molecular weight is 686 g/mol. The molecule has 6 rings (SSSR count). The van der Waals surface area contributed by atoms with Crippen molar-refractivity contribution < 1.29 is 19.1 Å². The number of nitrogens with one attached hydrogen (secondary N) is 2. The third-order valence-corrected chi connectivity index (χ3v) is 9.89. The summed E-state index contributed by atoms with van der Waals surface area (Å²) in [6, 6.07) is 16.2. The first-order valence-corrected chi connectivity index (χ1v) is 17.1. The quantitative estimate of drug-likeness (QED) is 0.252. The number of likely N-dealkylation sites (N-methyl/N-ethyl adjacent to an activating group) is 1. The van der Waals surface area contributed by atoms with Crippen LogP contribution in [0.2, 0.25) is 0 Å². The first-order valence-electron chi connectivity index (χ1n) is 17.1. The van der Waals surface area contributed by atoms with Crippen LogP contribution in [0.5, 0.6) is 0 Å². The maximum absolute atomic E-state index is 14.5. The second-order valence-corrected chi connectivity index (χ2v) is 14.0. The topological polar surface area (TPSA) is 142 Å². The van der Waals surface area contributed by atoms with Gasteiger partial charge in [0.25, 0.3) is 5.56 Å². The molecular weight excluding hydrogens is 641 g/mol. The van der Waals surface area contributed by atoms with Crippen LogP contribution >= 0.6 is 0 Å². The summed E-state index contributed by atoms with van der Waals surface area (Å²) in [6.45, 7) is 8.11. The van der Waals surface area contributed by atoms with Crippen LogP contribution in [-0.2, 0) is 11.3 Å². The standard InChI is InChI=1S/C37H44FN7O5/c1-37(2,41-35(48)49)34(47)40-28-12-14-29(15-13-28)45-33(46)31-21-27(38)22-39-32(31)44(36(45)50)30-7-4-6-26(20-30)25-10-8-24(9-11-25)23-43-17-5-16-42(3)18-19-43/h4,6-11,20-22,28-29,41H,5,12-19,23H2,1-3H3,(H,40,47)(H,48,49). The Labute approximate surface area is 289 Å². The molecular formula is C37H44FN7O5. The molecule has 0 atom stereocenters. The summed E-state index contributed by atoms with van der Waals surface area (Å²) in [5, 5.41) is 14.2. The monoisotopic (exact) mass is 685 g/mol. The number of rotatable bonds is 8. The minimum absolute atomic E-state index is 0.00372. The van der Waals surface area contributed by atoms with E-state index >= 15 is 0 Å². The van der Waals surface area contributed by atoms with E-state index in [1.807, 2.05) is 18.2 Å². The van der Waals surface area contributed by atoms with Crippen molar-refractivity contribution in [3.63, 3.8) is 0 Å². The third-order valence-electron chi connectivity index (χ3n) is 9.89. The third kappa shape index (κ3) is 7.63. The van der Waals surface area contributed by atoms with Crippen molar-refractivity contribution >= 4 is 23.0 Å². The number of carboxylic acid groups (broad SMARTS) is 1. The average Bonchev–Trinajstić information content (AvgIpc) is 3.29. The van der Waals surface area contributed by atoms with Gasteiger partial charge >= 0.3 is 11.8 Å². The van der Waals surface area contributed by atoms with Crippen LogP contribution in [0.25, 0.3) is 27.8 Å². The Balaban J connectivity index is 1.27. The van der Waals surface area contributed by atoms with E-state index in [9.17, 15) is 23.6 Å². The molecule has 1 saturated heterocycles. The van der Waals surface area contributed by atoms with E-state index in [-0.39, 0.29) is 17.1 Å². The SMILES string of the molecule is CN1CCCN(Cc2ccc(-c3cccc(-n4c(=O)n(C5CCC(NC(=O)C(C)(C)NC(=O)O)CC5)c(=O)c5cc(F)cnc54)c3)cc2)CC1. The molecule has 0 bridgehead atoms. The number of benzene rings is 2. The molecule has 2 aliphatic rings. The van der Waals surface area contributed by atoms with Crippen molar-refractivity contribution in [2.45, 2.75) is 70.1 Å². The van der Waals surface area contributed by atoms with Gasteiger partial charge in [-0.2, -0.15) is 0 Å². The van der Waals surface area contributed by atoms with Gasteiger partial charge in [0.05, 0.1) is 17.3 Å². The lowest BCUT2D eigenvalue weighted by molar-refractivity contribution is -0.127. The maximum atomic E-state index is 14.5. The minimum Gasteiger partial charge on any atom is -0.465 e. The fourth-order valence-corrected chi connectivity index (χ4v) is 7.05. The largest absolute Gasteiger partial charge is 0.465 e. The van der Waals surface area contributed by atoms with E-state index < -0.39 is 40.6 Å². The Morgan fingerprint density at radius 2 is 1.70 bits per heavy atom. The van der Waals surface area contributed by atoms with Crippen LogP contribution in [0.1, 0.15) is 57.6 Å². The van der Waals surface area contributed by atoms with Crippen LogP contribution in [0, 0.1) is 5.82 Å². The summed E-state index contributed by atoms with van der Waals surface area (Å²) < 4.78 is 17.1. The fourth-order valence-electron chi connectivity index (χ4n) is 7.05. The van der Waals surface area contributed by atoms with E-state index in [1.54, 1.807) is 6.07 Å². The summed E-state index contributed by atoms with van der Waals surface area (Å²) in [5.41, 5.74) is 1.12. The van der Waals surface area contributed by atoms with Crippen molar-refractivity contribution in [2.75, 3.05) is 33.2 Å². The number of hydrogen-bond donors (Lipinski definition) is 3. The van der Waals surface area contributed by atoms with E-state index in [1.165, 1.54) is 28.5 Å². The van der Waals surface area contributed by atoms with Gasteiger partial charge in [0, 0.05) is 31.7 Å². The molecule has 264 valence electrons. The molecule has 1 saturated carbocycles. The highest BCUT2D eigenvalue weighted by Gasteiger charge is 2.33. The Bertz CT molecular complexity index is 2000. The lowest BCUT2D eigenvalue weighted by Crippen LogP contribution is -2.56. The fraction of sp³-hybridized carbons (Fsp3) is 0.432. The molecule has 12 nitrogen and oxygen atoms in total. The van der Waals surface area contributed by atoms with Crippen LogP contribution in [0.4, 0.5) is 9.18 Å². The van der Waals surface area contributed by atoms with Crippen LogP contribution in [0.3, 0.4) is 0 Å². The highest BCUT2D eigenvalue weighted by Crippen LogP contribution is 2.29. The lowest BCUT2D eigenvalue weighted by atomic mass is 9.90. The van der Waals surface area contributed by atoms with Crippen molar-refractivity contribution in [3.05, 3.63) is 93.0 Å². The van der Waals surface area contributed by atoms with E-state index in [0.717, 1.165) is 62.5 Å². The minimum atomic E-state index is -1.33. The summed E-state index contributed by atoms with van der Waals surface area (Å²) in [5.74, 6) is -1.15. The van der Waals surface area contributed by atoms with Crippen molar-refractivity contribution in [3.8, 4) is 16.8 Å². The first-order chi connectivity index (χ1) is 23.9. The maximum Gasteiger partial charge on any atom is 0.405 e. The van der Waals surface area contributed by atoms with Gasteiger partial charge in [0.2, 0.25) is 5.91 Å². The zero-order valence-electron chi connectivity index (χ0n) is 28.7. The summed E-state index contributed by atoms with van der Waals surface area (Å²) in [6.07, 6.45) is 2.58. The number of hydrogen-bond acceptors (Lipinski definition) is 7.